The lowest BCUT2D eigenvalue weighted by Crippen LogP contribution is -2.44. The number of likely N-dealkylation sites (tertiary alicyclic amines) is 1. The fourth-order valence-corrected chi connectivity index (χ4v) is 5.64. The van der Waals surface area contributed by atoms with Crippen LogP contribution in [0.25, 0.3) is 0 Å². The van der Waals surface area contributed by atoms with Crippen molar-refractivity contribution in [3.8, 4) is 11.5 Å². The van der Waals surface area contributed by atoms with Crippen molar-refractivity contribution in [2.75, 3.05) is 20.8 Å². The molecule has 2 aliphatic rings. The molecular weight excluding hydrogens is 330 g/mol. The van der Waals surface area contributed by atoms with E-state index < -0.39 is 0 Å². The molecule has 1 aromatic carbocycles. The van der Waals surface area contributed by atoms with Gasteiger partial charge < -0.3 is 9.47 Å². The maximum atomic E-state index is 5.59. The van der Waals surface area contributed by atoms with Crippen LogP contribution in [0.1, 0.15) is 43.2 Å². The van der Waals surface area contributed by atoms with Gasteiger partial charge in [0.05, 0.1) is 14.2 Å². The summed E-state index contributed by atoms with van der Waals surface area (Å²) in [5.74, 6) is 1.68. The van der Waals surface area contributed by atoms with Gasteiger partial charge in [0, 0.05) is 18.0 Å². The summed E-state index contributed by atoms with van der Waals surface area (Å²) in [7, 11) is 3.44. The lowest BCUT2D eigenvalue weighted by Gasteiger charge is -2.42. The molecule has 1 aromatic heterocycles. The summed E-state index contributed by atoms with van der Waals surface area (Å²) in [6.07, 6.45) is 6.51. The van der Waals surface area contributed by atoms with Gasteiger partial charge in [0.15, 0.2) is 11.5 Å². The van der Waals surface area contributed by atoms with E-state index in [2.05, 4.69) is 39.9 Å². The second-order valence-electron chi connectivity index (χ2n) is 7.34. The minimum Gasteiger partial charge on any atom is -0.493 e. The van der Waals surface area contributed by atoms with Crippen LogP contribution in [0.3, 0.4) is 0 Å². The van der Waals surface area contributed by atoms with Gasteiger partial charge in [-0.05, 0) is 65.9 Å². The zero-order valence-electron chi connectivity index (χ0n) is 15.2. The molecule has 0 radical (unpaired) electrons. The first kappa shape index (κ1) is 16.9. The van der Waals surface area contributed by atoms with E-state index in [-0.39, 0.29) is 5.41 Å². The molecule has 2 aromatic rings. The molecule has 25 heavy (non-hydrogen) atoms. The van der Waals surface area contributed by atoms with Crippen molar-refractivity contribution < 1.29 is 9.47 Å². The fourth-order valence-electron chi connectivity index (χ4n) is 4.98. The number of benzene rings is 1. The van der Waals surface area contributed by atoms with Crippen molar-refractivity contribution in [3.05, 3.63) is 46.2 Å². The van der Waals surface area contributed by atoms with E-state index >= 15 is 0 Å². The van der Waals surface area contributed by atoms with Crippen LogP contribution in [-0.2, 0) is 12.0 Å². The summed E-state index contributed by atoms with van der Waals surface area (Å²) in [5, 5.41) is 4.48. The lowest BCUT2D eigenvalue weighted by atomic mass is 9.66. The van der Waals surface area contributed by atoms with Crippen LogP contribution in [0.2, 0.25) is 0 Å². The Hall–Kier alpha value is -1.52. The smallest absolute Gasteiger partial charge is 0.161 e. The highest BCUT2D eigenvalue weighted by molar-refractivity contribution is 7.07. The maximum Gasteiger partial charge on any atom is 0.161 e. The Labute approximate surface area is 154 Å². The largest absolute Gasteiger partial charge is 0.493 e. The average Bonchev–Trinajstić information content (AvgIpc) is 3.30. The lowest BCUT2D eigenvalue weighted by molar-refractivity contribution is 0.150. The minimum atomic E-state index is 0.272. The Balaban J connectivity index is 1.66. The Morgan fingerprint density at radius 2 is 2.00 bits per heavy atom. The summed E-state index contributed by atoms with van der Waals surface area (Å²) < 4.78 is 11.0. The van der Waals surface area contributed by atoms with Crippen LogP contribution in [0.5, 0.6) is 11.5 Å². The summed E-state index contributed by atoms with van der Waals surface area (Å²) in [6.45, 7) is 2.28. The summed E-state index contributed by atoms with van der Waals surface area (Å²) >= 11 is 1.80. The van der Waals surface area contributed by atoms with E-state index in [1.165, 1.54) is 49.8 Å². The molecule has 1 saturated carbocycles. The third-order valence-electron chi connectivity index (χ3n) is 6.20. The van der Waals surface area contributed by atoms with Crippen LogP contribution in [0.4, 0.5) is 0 Å². The highest BCUT2D eigenvalue weighted by Crippen LogP contribution is 2.50. The monoisotopic (exact) mass is 357 g/mol. The van der Waals surface area contributed by atoms with Gasteiger partial charge in [-0.3, -0.25) is 4.90 Å². The molecule has 0 N–H and O–H groups in total. The first-order valence-corrected chi connectivity index (χ1v) is 10.2. The molecule has 4 heteroatoms. The van der Waals surface area contributed by atoms with Crippen molar-refractivity contribution in [2.24, 2.45) is 0 Å². The van der Waals surface area contributed by atoms with Gasteiger partial charge in [0.1, 0.15) is 0 Å². The van der Waals surface area contributed by atoms with Gasteiger partial charge in [-0.15, -0.1) is 0 Å². The molecule has 134 valence electrons. The van der Waals surface area contributed by atoms with Crippen LogP contribution >= 0.6 is 11.3 Å². The molecule has 0 amide bonds. The molecule has 2 heterocycles. The topological polar surface area (TPSA) is 21.7 Å². The molecule has 0 bridgehead atoms. The zero-order chi connectivity index (χ0) is 17.3. The molecule has 4 rings (SSSR count). The number of nitrogens with zero attached hydrogens (tertiary/aromatic N) is 1. The molecule has 2 unspecified atom stereocenters. The van der Waals surface area contributed by atoms with Crippen molar-refractivity contribution in [1.82, 2.24) is 4.90 Å². The van der Waals surface area contributed by atoms with Gasteiger partial charge in [-0.25, -0.2) is 0 Å². The number of ether oxygens (including phenoxy) is 2. The molecule has 0 spiro atoms. The van der Waals surface area contributed by atoms with E-state index in [0.29, 0.717) is 6.04 Å². The summed E-state index contributed by atoms with van der Waals surface area (Å²) in [5.41, 5.74) is 3.16. The molecule has 3 nitrogen and oxygen atoms in total. The number of methoxy groups -OCH3 is 2. The third-order valence-corrected chi connectivity index (χ3v) is 6.93. The summed E-state index contributed by atoms with van der Waals surface area (Å²) in [6, 6.07) is 9.48. The number of rotatable bonds is 5. The van der Waals surface area contributed by atoms with Crippen LogP contribution in [-0.4, -0.2) is 31.7 Å². The highest BCUT2D eigenvalue weighted by Gasteiger charge is 2.49. The average molecular weight is 358 g/mol. The summed E-state index contributed by atoms with van der Waals surface area (Å²) in [4.78, 5) is 2.72. The van der Waals surface area contributed by atoms with Crippen molar-refractivity contribution in [1.29, 1.82) is 0 Å². The first-order valence-electron chi connectivity index (χ1n) is 9.24. The Bertz CT molecular complexity index is 715. The second kappa shape index (κ2) is 7.00. The van der Waals surface area contributed by atoms with E-state index in [9.17, 15) is 0 Å². The van der Waals surface area contributed by atoms with Gasteiger partial charge in [-0.1, -0.05) is 18.9 Å². The Morgan fingerprint density at radius 1 is 1.12 bits per heavy atom. The standard InChI is InChI=1S/C21H27NO2S/c1-23-18-7-6-17(13-19(18)24-2)21-9-4-3-5-20(21)22(11-10-21)14-16-8-12-25-15-16/h6-8,12-13,15,20H,3-5,9-11,14H2,1-2H3. The van der Waals surface area contributed by atoms with Gasteiger partial charge in [0.2, 0.25) is 0 Å². The fraction of sp³-hybridized carbons (Fsp3) is 0.524. The van der Waals surface area contributed by atoms with E-state index in [1.807, 2.05) is 0 Å². The van der Waals surface area contributed by atoms with E-state index in [4.69, 9.17) is 9.47 Å². The quantitative estimate of drug-likeness (QED) is 0.763. The van der Waals surface area contributed by atoms with Gasteiger partial charge in [0.25, 0.3) is 0 Å². The normalized spacial score (nSPS) is 26.4. The SMILES string of the molecule is COc1ccc(C23CCCCC2N(Cc2ccsc2)CC3)cc1OC. The predicted molar refractivity (Wildman–Crippen MR) is 103 cm³/mol. The minimum absolute atomic E-state index is 0.272. The Kier molecular flexibility index (Phi) is 4.74. The number of fused-ring (bicyclic) bond motifs is 1. The van der Waals surface area contributed by atoms with Crippen molar-refractivity contribution in [3.63, 3.8) is 0 Å². The van der Waals surface area contributed by atoms with Crippen LogP contribution in [0, 0.1) is 0 Å². The molecule has 1 aliphatic heterocycles. The van der Waals surface area contributed by atoms with Crippen molar-refractivity contribution in [2.45, 2.75) is 50.1 Å². The van der Waals surface area contributed by atoms with Crippen LogP contribution in [0.15, 0.2) is 35.0 Å². The highest BCUT2D eigenvalue weighted by atomic mass is 32.1. The predicted octanol–water partition coefficient (Wildman–Crippen LogP) is 4.85. The second-order valence-corrected chi connectivity index (χ2v) is 8.12. The number of hydrogen-bond acceptors (Lipinski definition) is 4. The first-order chi connectivity index (χ1) is 12.3. The number of hydrogen-bond donors (Lipinski definition) is 0. The number of thiophene rings is 1. The third kappa shape index (κ3) is 2.96. The maximum absolute atomic E-state index is 5.59. The molecule has 1 aliphatic carbocycles. The Morgan fingerprint density at radius 3 is 2.76 bits per heavy atom. The zero-order valence-corrected chi connectivity index (χ0v) is 16.0. The van der Waals surface area contributed by atoms with E-state index in [1.54, 1.807) is 25.6 Å². The van der Waals surface area contributed by atoms with Crippen molar-refractivity contribution >= 4 is 11.3 Å². The van der Waals surface area contributed by atoms with E-state index in [0.717, 1.165) is 18.0 Å². The molecule has 1 saturated heterocycles. The van der Waals surface area contributed by atoms with Gasteiger partial charge >= 0.3 is 0 Å². The molecular formula is C21H27NO2S. The van der Waals surface area contributed by atoms with Gasteiger partial charge in [-0.2, -0.15) is 11.3 Å². The molecule has 2 atom stereocenters. The molecule has 2 fully saturated rings. The van der Waals surface area contributed by atoms with Crippen LogP contribution < -0.4 is 9.47 Å².